The van der Waals surface area contributed by atoms with E-state index in [1.54, 1.807) is 7.05 Å². The first-order valence-corrected chi connectivity index (χ1v) is 5.36. The molecule has 0 aliphatic rings. The largest absolute Gasteiger partial charge is 0.396 e. The molecule has 0 atom stereocenters. The van der Waals surface area contributed by atoms with E-state index in [-0.39, 0.29) is 11.8 Å². The van der Waals surface area contributed by atoms with Crippen LogP contribution in [0.25, 0.3) is 0 Å². The summed E-state index contributed by atoms with van der Waals surface area (Å²) in [7, 11) is 1.65. The number of aromatic nitrogens is 2. The molecule has 0 aliphatic carbocycles. The maximum absolute atomic E-state index is 11.7. The zero-order chi connectivity index (χ0) is 12.8. The Labute approximate surface area is 99.1 Å². The van der Waals surface area contributed by atoms with Crippen molar-refractivity contribution < 1.29 is 9.59 Å². The maximum atomic E-state index is 11.7. The quantitative estimate of drug-likeness (QED) is 0.574. The summed E-state index contributed by atoms with van der Waals surface area (Å²) in [4.78, 5) is 22.2. The molecule has 0 aliphatic heterocycles. The molecule has 0 spiro atoms. The predicted molar refractivity (Wildman–Crippen MR) is 63.0 cm³/mol. The lowest BCUT2D eigenvalue weighted by molar-refractivity contribution is -0.118. The molecular weight excluding hydrogens is 222 g/mol. The van der Waals surface area contributed by atoms with E-state index in [4.69, 9.17) is 11.5 Å². The average molecular weight is 239 g/mol. The molecule has 5 N–H and O–H groups in total. The summed E-state index contributed by atoms with van der Waals surface area (Å²) in [5.74, 6) is -0.589. The first-order valence-electron chi connectivity index (χ1n) is 5.36. The Morgan fingerprint density at radius 2 is 2.18 bits per heavy atom. The molecule has 2 amide bonds. The third-order valence-electron chi connectivity index (χ3n) is 2.32. The molecule has 94 valence electrons. The second kappa shape index (κ2) is 5.88. The van der Waals surface area contributed by atoms with E-state index >= 15 is 0 Å². The van der Waals surface area contributed by atoms with Crippen LogP contribution in [-0.4, -0.2) is 28.1 Å². The highest BCUT2D eigenvalue weighted by molar-refractivity contribution is 5.97. The Balaban J connectivity index is 2.33. The number of hydrogen-bond donors (Lipinski definition) is 3. The number of nitrogens with one attached hydrogen (secondary N) is 1. The van der Waals surface area contributed by atoms with Crippen molar-refractivity contribution in [3.63, 3.8) is 0 Å². The van der Waals surface area contributed by atoms with Gasteiger partial charge >= 0.3 is 0 Å². The number of nitrogens with zero attached hydrogens (tertiary/aromatic N) is 2. The van der Waals surface area contributed by atoms with Crippen LogP contribution in [0.15, 0.2) is 6.20 Å². The van der Waals surface area contributed by atoms with Gasteiger partial charge in [-0.05, 0) is 12.8 Å². The molecule has 0 aromatic carbocycles. The van der Waals surface area contributed by atoms with Crippen LogP contribution in [0.1, 0.15) is 29.8 Å². The van der Waals surface area contributed by atoms with Gasteiger partial charge in [0.25, 0.3) is 5.91 Å². The van der Waals surface area contributed by atoms with Gasteiger partial charge in [-0.1, -0.05) is 0 Å². The number of aryl methyl sites for hydroxylation is 1. The minimum Gasteiger partial charge on any atom is -0.396 e. The van der Waals surface area contributed by atoms with E-state index in [9.17, 15) is 9.59 Å². The molecule has 0 saturated carbocycles. The van der Waals surface area contributed by atoms with Crippen molar-refractivity contribution in [1.82, 2.24) is 15.1 Å². The lowest BCUT2D eigenvalue weighted by Gasteiger charge is -2.05. The van der Waals surface area contributed by atoms with Gasteiger partial charge in [0.1, 0.15) is 5.69 Å². The molecule has 17 heavy (non-hydrogen) atoms. The first-order chi connectivity index (χ1) is 8.02. The molecule has 1 heterocycles. The van der Waals surface area contributed by atoms with Crippen molar-refractivity contribution in [3.05, 3.63) is 11.9 Å². The van der Waals surface area contributed by atoms with Crippen LogP contribution in [0.5, 0.6) is 0 Å². The van der Waals surface area contributed by atoms with E-state index in [1.165, 1.54) is 10.9 Å². The highest BCUT2D eigenvalue weighted by atomic mass is 16.2. The minimum absolute atomic E-state index is 0.262. The highest BCUT2D eigenvalue weighted by Crippen LogP contribution is 2.08. The van der Waals surface area contributed by atoms with E-state index in [0.717, 1.165) is 0 Å². The summed E-state index contributed by atoms with van der Waals surface area (Å²) in [6.45, 7) is 0.483. The fourth-order valence-corrected chi connectivity index (χ4v) is 1.44. The summed E-state index contributed by atoms with van der Waals surface area (Å²) in [6, 6.07) is 0. The predicted octanol–water partition coefficient (Wildman–Crippen LogP) is -0.612. The number of unbranched alkanes of at least 4 members (excludes halogenated alkanes) is 1. The molecule has 1 aromatic heterocycles. The van der Waals surface area contributed by atoms with Crippen LogP contribution in [0.2, 0.25) is 0 Å². The summed E-state index contributed by atoms with van der Waals surface area (Å²) < 4.78 is 1.42. The van der Waals surface area contributed by atoms with Crippen molar-refractivity contribution in [2.24, 2.45) is 12.8 Å². The maximum Gasteiger partial charge on any atom is 0.271 e. The van der Waals surface area contributed by atoms with Crippen LogP contribution in [-0.2, 0) is 11.8 Å². The summed E-state index contributed by atoms with van der Waals surface area (Å²) >= 11 is 0. The van der Waals surface area contributed by atoms with Crippen molar-refractivity contribution in [1.29, 1.82) is 0 Å². The van der Waals surface area contributed by atoms with Crippen LogP contribution in [0.3, 0.4) is 0 Å². The second-order valence-corrected chi connectivity index (χ2v) is 3.75. The number of nitrogens with two attached hydrogens (primary N) is 2. The highest BCUT2D eigenvalue weighted by Gasteiger charge is 2.13. The molecule has 7 heteroatoms. The van der Waals surface area contributed by atoms with E-state index in [0.29, 0.717) is 37.2 Å². The third-order valence-corrected chi connectivity index (χ3v) is 2.32. The lowest BCUT2D eigenvalue weighted by atomic mass is 10.2. The smallest absolute Gasteiger partial charge is 0.271 e. The normalized spacial score (nSPS) is 10.2. The van der Waals surface area contributed by atoms with Crippen molar-refractivity contribution in [2.45, 2.75) is 19.3 Å². The van der Waals surface area contributed by atoms with E-state index in [1.807, 2.05) is 0 Å². The van der Waals surface area contributed by atoms with Gasteiger partial charge in [0, 0.05) is 20.0 Å². The molecule has 0 saturated heterocycles. The first kappa shape index (κ1) is 13.0. The number of rotatable bonds is 6. The van der Waals surface area contributed by atoms with Gasteiger partial charge < -0.3 is 16.8 Å². The monoisotopic (exact) mass is 239 g/mol. The Hall–Kier alpha value is -2.05. The number of carbonyl (C=O) groups is 2. The topological polar surface area (TPSA) is 116 Å². The molecule has 7 nitrogen and oxygen atoms in total. The molecule has 1 rings (SSSR count). The Bertz CT molecular complexity index is 393. The van der Waals surface area contributed by atoms with Gasteiger partial charge in [0.05, 0.1) is 11.9 Å². The number of nitrogen functional groups attached to an aromatic ring is 1. The number of anilines is 1. The average Bonchev–Trinajstić information content (AvgIpc) is 2.57. The Kier molecular flexibility index (Phi) is 4.50. The van der Waals surface area contributed by atoms with E-state index in [2.05, 4.69) is 10.4 Å². The summed E-state index contributed by atoms with van der Waals surface area (Å²) in [5.41, 5.74) is 11.3. The zero-order valence-electron chi connectivity index (χ0n) is 9.77. The van der Waals surface area contributed by atoms with Crippen molar-refractivity contribution in [3.8, 4) is 0 Å². The molecule has 0 bridgehead atoms. The van der Waals surface area contributed by atoms with Gasteiger partial charge in [-0.25, -0.2) is 0 Å². The third kappa shape index (κ3) is 3.78. The number of amides is 2. The van der Waals surface area contributed by atoms with Crippen LogP contribution >= 0.6 is 0 Å². The van der Waals surface area contributed by atoms with Crippen LogP contribution in [0.4, 0.5) is 5.69 Å². The molecule has 0 fully saturated rings. The van der Waals surface area contributed by atoms with Crippen LogP contribution < -0.4 is 16.8 Å². The molecule has 0 unspecified atom stereocenters. The number of primary amides is 1. The van der Waals surface area contributed by atoms with Crippen molar-refractivity contribution in [2.75, 3.05) is 12.3 Å². The molecule has 1 aromatic rings. The molecular formula is C10H17N5O2. The molecule has 0 radical (unpaired) electrons. The fraction of sp³-hybridized carbons (Fsp3) is 0.500. The Morgan fingerprint density at radius 3 is 2.71 bits per heavy atom. The van der Waals surface area contributed by atoms with Gasteiger partial charge in [-0.3, -0.25) is 14.3 Å². The summed E-state index contributed by atoms with van der Waals surface area (Å²) in [6.07, 6.45) is 3.13. The second-order valence-electron chi connectivity index (χ2n) is 3.75. The minimum atomic E-state index is -0.327. The zero-order valence-corrected chi connectivity index (χ0v) is 9.77. The lowest BCUT2D eigenvalue weighted by Crippen LogP contribution is -2.27. The standard InChI is InChI=1S/C10H17N5O2/c1-15-9(7(11)6-14-15)10(17)13-5-3-2-4-8(12)16/h6H,2-5,11H2,1H3,(H2,12,16)(H,13,17). The van der Waals surface area contributed by atoms with Crippen LogP contribution in [0, 0.1) is 0 Å². The van der Waals surface area contributed by atoms with Gasteiger partial charge in [0.2, 0.25) is 5.91 Å². The van der Waals surface area contributed by atoms with Gasteiger partial charge in [-0.15, -0.1) is 0 Å². The fourth-order valence-electron chi connectivity index (χ4n) is 1.44. The SMILES string of the molecule is Cn1ncc(N)c1C(=O)NCCCCC(N)=O. The Morgan fingerprint density at radius 1 is 1.47 bits per heavy atom. The van der Waals surface area contributed by atoms with Crippen molar-refractivity contribution >= 4 is 17.5 Å². The number of hydrogen-bond acceptors (Lipinski definition) is 4. The van der Waals surface area contributed by atoms with Gasteiger partial charge in [-0.2, -0.15) is 5.10 Å². The summed E-state index contributed by atoms with van der Waals surface area (Å²) in [5, 5.41) is 6.58. The van der Waals surface area contributed by atoms with Gasteiger partial charge in [0.15, 0.2) is 0 Å². The van der Waals surface area contributed by atoms with E-state index < -0.39 is 0 Å². The number of carbonyl (C=O) groups excluding carboxylic acids is 2.